The average Bonchev–Trinajstić information content (AvgIpc) is 3.43. The van der Waals surface area contributed by atoms with Crippen molar-refractivity contribution in [2.24, 2.45) is 0 Å². The molecule has 0 bridgehead atoms. The molecule has 0 fully saturated rings. The van der Waals surface area contributed by atoms with E-state index in [9.17, 15) is 13.7 Å². The van der Waals surface area contributed by atoms with E-state index in [0.717, 1.165) is 54.8 Å². The molecule has 0 aliphatic carbocycles. The maximum absolute atomic E-state index is 13.0. The first-order valence-corrected chi connectivity index (χ1v) is 28.6. The molecule has 9 rings (SSSR count). The molecule has 0 heterocycles. The van der Waals surface area contributed by atoms with Gasteiger partial charge >= 0.3 is 0 Å². The fourth-order valence-electron chi connectivity index (χ4n) is 7.38. The van der Waals surface area contributed by atoms with Crippen molar-refractivity contribution in [1.82, 2.24) is 0 Å². The van der Waals surface area contributed by atoms with E-state index in [0.29, 0.717) is 18.5 Å². The van der Waals surface area contributed by atoms with Crippen LogP contribution in [0.1, 0.15) is 20.8 Å². The van der Waals surface area contributed by atoms with Crippen LogP contribution in [0.15, 0.2) is 267 Å². The fourth-order valence-corrected chi connectivity index (χ4v) is 14.4. The molecule has 0 N–H and O–H groups in total. The molecule has 0 unspecified atom stereocenters. The maximum Gasteiger partial charge on any atom is 0.142 e. The Balaban J connectivity index is 0.000000150. The molecule has 5 nitrogen and oxygen atoms in total. The van der Waals surface area contributed by atoms with Crippen molar-refractivity contribution in [3.8, 4) is 23.0 Å². The van der Waals surface area contributed by atoms with Crippen molar-refractivity contribution in [1.29, 1.82) is 0 Å². The van der Waals surface area contributed by atoms with E-state index in [1.807, 2.05) is 288 Å². The number of para-hydroxylation sites is 2. The third-order valence-electron chi connectivity index (χ3n) is 11.2. The lowest BCUT2D eigenvalue weighted by molar-refractivity contribution is 0.469. The monoisotopic (exact) mass is 952 g/mol. The Kier molecular flexibility index (Phi) is 19.4. The standard InChI is InChI=1S/C18H14O2.3C14H15OP/c1-3-7-15(8-4-1)19-17-11-13-18(14-12-17)20-16-9-5-2-6-10-16;3*1-2-16(15,13-9-5-3-6-10-13)14-11-7-4-8-12-14/h1-14H;3*3-12H,2H2,1H3. The molecule has 0 aliphatic rings. The molecular weight excluding hydrogens is 894 g/mol. The van der Waals surface area contributed by atoms with E-state index in [-0.39, 0.29) is 0 Å². The molecule has 0 radical (unpaired) electrons. The SMILES string of the molecule is CCP(=O)(c1ccccc1)c1ccccc1.CCP(=O)(c1ccccc1)c1ccccc1.CCP(=O)(c1ccccc1)c1ccccc1.c1ccc(Oc2ccc(Oc3ccccc3)cc2)cc1. The minimum Gasteiger partial charge on any atom is -0.457 e. The van der Waals surface area contributed by atoms with Gasteiger partial charge in [0.25, 0.3) is 0 Å². The van der Waals surface area contributed by atoms with Gasteiger partial charge in [-0.2, -0.15) is 0 Å². The Morgan fingerprint density at radius 2 is 0.382 bits per heavy atom. The molecule has 0 aliphatic heterocycles. The molecule has 9 aromatic carbocycles. The van der Waals surface area contributed by atoms with Crippen LogP contribution < -0.4 is 41.3 Å². The maximum atomic E-state index is 13.0. The van der Waals surface area contributed by atoms with Gasteiger partial charge in [0.2, 0.25) is 0 Å². The highest BCUT2D eigenvalue weighted by atomic mass is 31.2. The van der Waals surface area contributed by atoms with Crippen LogP contribution >= 0.6 is 21.4 Å². The fraction of sp³-hybridized carbons (Fsp3) is 0.100. The number of benzene rings is 9. The molecule has 8 heteroatoms. The predicted molar refractivity (Wildman–Crippen MR) is 290 cm³/mol. The van der Waals surface area contributed by atoms with Crippen LogP contribution in [0.4, 0.5) is 0 Å². The van der Waals surface area contributed by atoms with Gasteiger partial charge in [-0.3, -0.25) is 0 Å². The minimum absolute atomic E-state index is 0.668. The number of ether oxygens (including phenoxy) is 2. The Labute approximate surface area is 403 Å². The summed E-state index contributed by atoms with van der Waals surface area (Å²) in [6.07, 6.45) is 2.00. The molecule has 0 amide bonds. The van der Waals surface area contributed by atoms with Crippen LogP contribution in [-0.2, 0) is 13.7 Å². The summed E-state index contributed by atoms with van der Waals surface area (Å²) >= 11 is 0. The molecule has 0 saturated heterocycles. The molecule has 0 aromatic heterocycles. The summed E-state index contributed by atoms with van der Waals surface area (Å²) < 4.78 is 50.4. The second-order valence-corrected chi connectivity index (χ2v) is 24.9. The summed E-state index contributed by atoms with van der Waals surface area (Å²) in [7, 11) is -7.21. The number of hydrogen-bond acceptors (Lipinski definition) is 5. The van der Waals surface area contributed by atoms with Crippen LogP contribution in [0.5, 0.6) is 23.0 Å². The highest BCUT2D eigenvalue weighted by Gasteiger charge is 2.26. The van der Waals surface area contributed by atoms with Crippen molar-refractivity contribution in [3.63, 3.8) is 0 Å². The molecule has 0 atom stereocenters. The molecule has 0 saturated carbocycles. The first-order valence-electron chi connectivity index (χ1n) is 22.9. The van der Waals surface area contributed by atoms with Crippen LogP contribution in [0.25, 0.3) is 0 Å². The second-order valence-electron chi connectivity index (χ2n) is 15.5. The minimum atomic E-state index is -2.40. The van der Waals surface area contributed by atoms with Crippen LogP contribution in [0, 0.1) is 0 Å². The highest BCUT2D eigenvalue weighted by Crippen LogP contribution is 2.44. The van der Waals surface area contributed by atoms with Crippen LogP contribution in [0.2, 0.25) is 0 Å². The van der Waals surface area contributed by atoms with Gasteiger partial charge in [-0.25, -0.2) is 0 Å². The molecule has 344 valence electrons. The quantitative estimate of drug-likeness (QED) is 0.108. The first kappa shape index (κ1) is 50.7. The number of hydrogen-bond donors (Lipinski definition) is 0. The number of rotatable bonds is 13. The van der Waals surface area contributed by atoms with Crippen molar-refractivity contribution < 1.29 is 23.2 Å². The van der Waals surface area contributed by atoms with Gasteiger partial charge in [0.15, 0.2) is 0 Å². The summed E-state index contributed by atoms with van der Waals surface area (Å²) in [6.45, 7) is 5.96. The zero-order valence-corrected chi connectivity index (χ0v) is 41.6. The van der Waals surface area contributed by atoms with E-state index >= 15 is 0 Å². The highest BCUT2D eigenvalue weighted by molar-refractivity contribution is 7.79. The Morgan fingerprint density at radius 3 is 0.544 bits per heavy atom. The van der Waals surface area contributed by atoms with Crippen LogP contribution in [-0.4, -0.2) is 18.5 Å². The van der Waals surface area contributed by atoms with E-state index in [2.05, 4.69) is 0 Å². The molecule has 9 aromatic rings. The molecule has 68 heavy (non-hydrogen) atoms. The van der Waals surface area contributed by atoms with Gasteiger partial charge in [0, 0.05) is 50.3 Å². The Morgan fingerprint density at radius 1 is 0.235 bits per heavy atom. The second kappa shape index (κ2) is 26.0. The average molecular weight is 953 g/mol. The summed E-state index contributed by atoms with van der Waals surface area (Å²) in [6, 6.07) is 85.5. The van der Waals surface area contributed by atoms with E-state index < -0.39 is 21.4 Å². The summed E-state index contributed by atoms with van der Waals surface area (Å²) in [4.78, 5) is 0. The van der Waals surface area contributed by atoms with Crippen molar-refractivity contribution >= 4 is 53.3 Å². The van der Waals surface area contributed by atoms with E-state index in [4.69, 9.17) is 9.47 Å². The molecular formula is C60H59O5P3. The smallest absolute Gasteiger partial charge is 0.142 e. The summed E-state index contributed by atoms with van der Waals surface area (Å²) in [5.41, 5.74) is 0. The third kappa shape index (κ3) is 13.9. The van der Waals surface area contributed by atoms with Gasteiger partial charge < -0.3 is 23.2 Å². The lowest BCUT2D eigenvalue weighted by Gasteiger charge is -2.16. The van der Waals surface area contributed by atoms with Gasteiger partial charge in [0.05, 0.1) is 0 Å². The Bertz CT molecular complexity index is 2520. The van der Waals surface area contributed by atoms with Crippen molar-refractivity contribution in [2.45, 2.75) is 20.8 Å². The van der Waals surface area contributed by atoms with Crippen LogP contribution in [0.3, 0.4) is 0 Å². The lowest BCUT2D eigenvalue weighted by atomic mass is 10.3. The zero-order chi connectivity index (χ0) is 47.9. The lowest BCUT2D eigenvalue weighted by Crippen LogP contribution is -2.17. The topological polar surface area (TPSA) is 69.7 Å². The summed E-state index contributed by atoms with van der Waals surface area (Å²) in [5, 5.41) is 5.69. The van der Waals surface area contributed by atoms with Gasteiger partial charge in [-0.1, -0.05) is 239 Å². The van der Waals surface area contributed by atoms with E-state index in [1.165, 1.54) is 0 Å². The Hall–Kier alpha value is -6.73. The van der Waals surface area contributed by atoms with Gasteiger partial charge in [-0.05, 0) is 48.5 Å². The third-order valence-corrected chi connectivity index (χ3v) is 20.6. The normalized spacial score (nSPS) is 10.9. The largest absolute Gasteiger partial charge is 0.457 e. The van der Waals surface area contributed by atoms with Crippen molar-refractivity contribution in [2.75, 3.05) is 18.5 Å². The van der Waals surface area contributed by atoms with E-state index in [1.54, 1.807) is 0 Å². The first-order chi connectivity index (χ1) is 33.2. The van der Waals surface area contributed by atoms with Gasteiger partial charge in [0.1, 0.15) is 44.4 Å². The predicted octanol–water partition coefficient (Wildman–Crippen LogP) is 14.3. The zero-order valence-electron chi connectivity index (χ0n) is 38.9. The van der Waals surface area contributed by atoms with Crippen molar-refractivity contribution in [3.05, 3.63) is 267 Å². The molecule has 0 spiro atoms. The summed E-state index contributed by atoms with van der Waals surface area (Å²) in [5.74, 6) is 3.22. The van der Waals surface area contributed by atoms with Gasteiger partial charge in [-0.15, -0.1) is 0 Å².